The largest absolute Gasteiger partial charge is 0.373 e. The molecule has 8 heteroatoms. The van der Waals surface area contributed by atoms with Crippen molar-refractivity contribution in [3.8, 4) is 0 Å². The zero-order valence-electron chi connectivity index (χ0n) is 9.58. The molecule has 0 atom stereocenters. The first kappa shape index (κ1) is 11.8. The van der Waals surface area contributed by atoms with Crippen molar-refractivity contribution < 1.29 is 9.45 Å². The molecule has 0 aromatic carbocycles. The summed E-state index contributed by atoms with van der Waals surface area (Å²) < 4.78 is 4.90. The van der Waals surface area contributed by atoms with Crippen LogP contribution in [0.1, 0.15) is 5.76 Å². The molecule has 18 heavy (non-hydrogen) atoms. The molecular formula is C10H11N5O3. The fourth-order valence-electron chi connectivity index (χ4n) is 1.35. The van der Waals surface area contributed by atoms with Crippen molar-refractivity contribution in [2.24, 2.45) is 0 Å². The lowest BCUT2D eigenvalue weighted by Gasteiger charge is -2.05. The van der Waals surface area contributed by atoms with Gasteiger partial charge in [-0.25, -0.2) is 4.98 Å². The first-order chi connectivity index (χ1) is 8.69. The van der Waals surface area contributed by atoms with E-state index in [-0.39, 0.29) is 5.69 Å². The van der Waals surface area contributed by atoms with Crippen LogP contribution in [0.5, 0.6) is 0 Å². The van der Waals surface area contributed by atoms with Crippen LogP contribution in [0.25, 0.3) is 0 Å². The second-order valence-corrected chi connectivity index (χ2v) is 3.44. The Morgan fingerprint density at radius 2 is 2.22 bits per heavy atom. The number of nitro groups is 1. The van der Waals surface area contributed by atoms with E-state index in [9.17, 15) is 10.1 Å². The average molecular weight is 249 g/mol. The van der Waals surface area contributed by atoms with E-state index in [1.165, 1.54) is 18.3 Å². The smallest absolute Gasteiger partial charge is 0.276 e. The zero-order chi connectivity index (χ0) is 13.0. The minimum Gasteiger partial charge on any atom is -0.373 e. The highest BCUT2D eigenvalue weighted by Crippen LogP contribution is 2.20. The van der Waals surface area contributed by atoms with Crippen LogP contribution in [-0.4, -0.2) is 22.1 Å². The molecule has 0 spiro atoms. The molecule has 2 aromatic heterocycles. The fourth-order valence-corrected chi connectivity index (χ4v) is 1.35. The predicted molar refractivity (Wildman–Crippen MR) is 64.3 cm³/mol. The average Bonchev–Trinajstić information content (AvgIpc) is 2.89. The normalized spacial score (nSPS) is 10.1. The van der Waals surface area contributed by atoms with Gasteiger partial charge in [0.1, 0.15) is 11.6 Å². The lowest BCUT2D eigenvalue weighted by atomic mass is 10.3. The van der Waals surface area contributed by atoms with E-state index in [2.05, 4.69) is 20.8 Å². The third kappa shape index (κ3) is 2.73. The lowest BCUT2D eigenvalue weighted by Crippen LogP contribution is -2.03. The molecule has 0 saturated carbocycles. The van der Waals surface area contributed by atoms with Crippen LogP contribution in [0.15, 0.2) is 28.9 Å². The summed E-state index contributed by atoms with van der Waals surface area (Å²) in [6, 6.07) is 4.42. The van der Waals surface area contributed by atoms with E-state index >= 15 is 0 Å². The Labute approximate surface area is 102 Å². The molecule has 0 unspecified atom stereocenters. The molecule has 0 fully saturated rings. The maximum atomic E-state index is 10.7. The maximum Gasteiger partial charge on any atom is 0.276 e. The molecule has 0 aliphatic carbocycles. The minimum atomic E-state index is -0.470. The van der Waals surface area contributed by atoms with Crippen molar-refractivity contribution in [2.75, 3.05) is 17.7 Å². The van der Waals surface area contributed by atoms with Gasteiger partial charge in [-0.1, -0.05) is 5.16 Å². The van der Waals surface area contributed by atoms with Crippen LogP contribution in [0.4, 0.5) is 17.3 Å². The highest BCUT2D eigenvalue weighted by Gasteiger charge is 2.10. The summed E-state index contributed by atoms with van der Waals surface area (Å²) in [4.78, 5) is 14.4. The van der Waals surface area contributed by atoms with Gasteiger partial charge < -0.3 is 15.2 Å². The molecule has 2 heterocycles. The van der Waals surface area contributed by atoms with Crippen LogP contribution in [0.3, 0.4) is 0 Å². The summed E-state index contributed by atoms with van der Waals surface area (Å²) in [5, 5.41) is 20.0. The summed E-state index contributed by atoms with van der Waals surface area (Å²) in [7, 11) is 1.65. The second kappa shape index (κ2) is 5.13. The third-order valence-corrected chi connectivity index (χ3v) is 2.21. The van der Waals surface area contributed by atoms with Crippen molar-refractivity contribution >= 4 is 17.3 Å². The molecule has 0 amide bonds. The standard InChI is InChI=1S/C10H11N5O3/c1-11-9-4-7(15(16)17)5-10(14-9)12-6-8-2-3-13-18-8/h2-5H,6H2,1H3,(H2,11,12,14). The monoisotopic (exact) mass is 249 g/mol. The summed E-state index contributed by atoms with van der Waals surface area (Å²) in [6.45, 7) is 0.358. The van der Waals surface area contributed by atoms with Crippen molar-refractivity contribution in [2.45, 2.75) is 6.54 Å². The Balaban J connectivity index is 2.16. The molecule has 0 saturated heterocycles. The van der Waals surface area contributed by atoms with Crippen molar-refractivity contribution in [1.82, 2.24) is 10.1 Å². The van der Waals surface area contributed by atoms with Crippen molar-refractivity contribution in [3.05, 3.63) is 40.3 Å². The van der Waals surface area contributed by atoms with Crippen LogP contribution in [0.2, 0.25) is 0 Å². The molecule has 2 aromatic rings. The van der Waals surface area contributed by atoms with E-state index in [0.717, 1.165) is 0 Å². The number of hydrogen-bond donors (Lipinski definition) is 2. The molecule has 2 N–H and O–H groups in total. The second-order valence-electron chi connectivity index (χ2n) is 3.44. The van der Waals surface area contributed by atoms with Crippen LogP contribution < -0.4 is 10.6 Å². The fraction of sp³-hybridized carbons (Fsp3) is 0.200. The van der Waals surface area contributed by atoms with Gasteiger partial charge in [-0.15, -0.1) is 0 Å². The van der Waals surface area contributed by atoms with E-state index in [0.29, 0.717) is 23.9 Å². The number of nitrogens with one attached hydrogen (secondary N) is 2. The molecule has 0 aliphatic rings. The van der Waals surface area contributed by atoms with Crippen LogP contribution in [-0.2, 0) is 6.54 Å². The Morgan fingerprint density at radius 1 is 1.44 bits per heavy atom. The SMILES string of the molecule is CNc1cc([N+](=O)[O-])cc(NCc2ccno2)n1. The number of rotatable bonds is 5. The van der Waals surface area contributed by atoms with Crippen LogP contribution in [0, 0.1) is 10.1 Å². The summed E-state index contributed by atoms with van der Waals surface area (Å²) >= 11 is 0. The highest BCUT2D eigenvalue weighted by atomic mass is 16.6. The number of hydrogen-bond acceptors (Lipinski definition) is 7. The Bertz CT molecular complexity index is 540. The van der Waals surface area contributed by atoms with Crippen molar-refractivity contribution in [1.29, 1.82) is 0 Å². The highest BCUT2D eigenvalue weighted by molar-refractivity contribution is 5.54. The van der Waals surface area contributed by atoms with Gasteiger partial charge in [0.2, 0.25) is 0 Å². The molecule has 0 radical (unpaired) electrons. The predicted octanol–water partition coefficient (Wildman–Crippen LogP) is 1.63. The first-order valence-corrected chi connectivity index (χ1v) is 5.16. The first-order valence-electron chi connectivity index (χ1n) is 5.16. The minimum absolute atomic E-state index is 0.0329. The van der Waals surface area contributed by atoms with Crippen LogP contribution >= 0.6 is 0 Å². The number of pyridine rings is 1. The molecule has 0 bridgehead atoms. The third-order valence-electron chi connectivity index (χ3n) is 2.21. The lowest BCUT2D eigenvalue weighted by molar-refractivity contribution is -0.384. The Hall–Kier alpha value is -2.64. The topological polar surface area (TPSA) is 106 Å². The molecule has 0 aliphatic heterocycles. The molecule has 94 valence electrons. The van der Waals surface area contributed by atoms with E-state index in [1.807, 2.05) is 0 Å². The van der Waals surface area contributed by atoms with Gasteiger partial charge in [0.05, 0.1) is 29.8 Å². The quantitative estimate of drug-likeness (QED) is 0.612. The van der Waals surface area contributed by atoms with Gasteiger partial charge in [0, 0.05) is 13.1 Å². The number of nitrogens with zero attached hydrogens (tertiary/aromatic N) is 3. The molecular weight excluding hydrogens is 238 g/mol. The summed E-state index contributed by atoms with van der Waals surface area (Å²) in [5.74, 6) is 1.43. The van der Waals surface area contributed by atoms with Crippen molar-refractivity contribution in [3.63, 3.8) is 0 Å². The van der Waals surface area contributed by atoms with Gasteiger partial charge in [-0.2, -0.15) is 0 Å². The molecule has 8 nitrogen and oxygen atoms in total. The van der Waals surface area contributed by atoms with E-state index in [1.54, 1.807) is 13.1 Å². The zero-order valence-corrected chi connectivity index (χ0v) is 9.58. The number of anilines is 2. The maximum absolute atomic E-state index is 10.7. The van der Waals surface area contributed by atoms with Gasteiger partial charge >= 0.3 is 0 Å². The summed E-state index contributed by atoms with van der Waals surface area (Å²) in [5.41, 5.74) is -0.0329. The van der Waals surface area contributed by atoms with Gasteiger partial charge in [-0.3, -0.25) is 10.1 Å². The number of aromatic nitrogens is 2. The van der Waals surface area contributed by atoms with E-state index < -0.39 is 4.92 Å². The van der Waals surface area contributed by atoms with E-state index in [4.69, 9.17) is 4.52 Å². The Morgan fingerprint density at radius 3 is 2.83 bits per heavy atom. The Kier molecular flexibility index (Phi) is 3.37. The van der Waals surface area contributed by atoms with Gasteiger partial charge in [0.15, 0.2) is 5.76 Å². The summed E-state index contributed by atoms with van der Waals surface area (Å²) in [6.07, 6.45) is 1.52. The van der Waals surface area contributed by atoms with Gasteiger partial charge in [-0.05, 0) is 0 Å². The van der Waals surface area contributed by atoms with Gasteiger partial charge in [0.25, 0.3) is 5.69 Å². The molecule has 2 rings (SSSR count).